The maximum Gasteiger partial charge on any atom is 0.328 e. The molecule has 33 heavy (non-hydrogen) atoms. The molecule has 1 heterocycles. The molecule has 1 unspecified atom stereocenters. The van der Waals surface area contributed by atoms with Gasteiger partial charge in [0.05, 0.1) is 6.61 Å². The highest BCUT2D eigenvalue weighted by atomic mass is 16.5. The summed E-state index contributed by atoms with van der Waals surface area (Å²) >= 11 is 0. The van der Waals surface area contributed by atoms with E-state index in [1.54, 1.807) is 4.90 Å². The van der Waals surface area contributed by atoms with Gasteiger partial charge in [-0.25, -0.2) is 4.79 Å². The Morgan fingerprint density at radius 2 is 1.12 bits per heavy atom. The van der Waals surface area contributed by atoms with E-state index in [4.69, 9.17) is 4.74 Å². The summed E-state index contributed by atoms with van der Waals surface area (Å²) in [6.07, 6.45) is 26.5. The monoisotopic (exact) mass is 465 g/mol. The molecule has 4 heteroatoms. The van der Waals surface area contributed by atoms with Gasteiger partial charge in [0.15, 0.2) is 0 Å². The molecule has 194 valence electrons. The summed E-state index contributed by atoms with van der Waals surface area (Å²) in [5.74, 6) is -0.0380. The normalized spacial score (nSPS) is 15.8. The van der Waals surface area contributed by atoms with Crippen LogP contribution in [0.2, 0.25) is 0 Å². The van der Waals surface area contributed by atoms with Crippen molar-refractivity contribution in [3.8, 4) is 0 Å². The molecule has 0 spiro atoms. The van der Waals surface area contributed by atoms with Crippen molar-refractivity contribution in [1.82, 2.24) is 4.90 Å². The molecule has 1 atom stereocenters. The minimum absolute atomic E-state index is 0.141. The van der Waals surface area contributed by atoms with Gasteiger partial charge in [0.1, 0.15) is 6.04 Å². The van der Waals surface area contributed by atoms with E-state index in [9.17, 15) is 9.59 Å². The Kier molecular flexibility index (Phi) is 19.5. The van der Waals surface area contributed by atoms with Crippen LogP contribution in [-0.4, -0.2) is 36.0 Å². The number of hydrogen-bond donors (Lipinski definition) is 0. The Balaban J connectivity index is 1.96. The number of esters is 1. The molecular weight excluding hydrogens is 410 g/mol. The molecule has 0 saturated carbocycles. The van der Waals surface area contributed by atoms with E-state index in [0.717, 1.165) is 38.5 Å². The van der Waals surface area contributed by atoms with Crippen molar-refractivity contribution >= 4 is 11.9 Å². The highest BCUT2D eigenvalue weighted by Gasteiger charge is 2.34. The van der Waals surface area contributed by atoms with E-state index in [2.05, 4.69) is 13.8 Å². The summed E-state index contributed by atoms with van der Waals surface area (Å²) in [4.78, 5) is 26.8. The van der Waals surface area contributed by atoms with Crippen molar-refractivity contribution in [3.05, 3.63) is 0 Å². The second kappa shape index (κ2) is 21.5. The first-order chi connectivity index (χ1) is 16.2. The fourth-order valence-electron chi connectivity index (χ4n) is 4.90. The van der Waals surface area contributed by atoms with Crippen LogP contribution < -0.4 is 0 Å². The van der Waals surface area contributed by atoms with Crippen LogP contribution in [0.5, 0.6) is 0 Å². The number of amides is 1. The summed E-state index contributed by atoms with van der Waals surface area (Å²) in [7, 11) is 0. The standard InChI is InChI=1S/C29H55NO3/c1-3-5-7-9-10-11-12-13-14-15-16-17-19-21-26-33-29(32)27-23-22-25-30(27)28(31)24-20-18-8-6-4-2/h27H,3-26H2,1-2H3. The molecule has 1 fully saturated rings. The van der Waals surface area contributed by atoms with Crippen LogP contribution in [0.25, 0.3) is 0 Å². The zero-order chi connectivity index (χ0) is 24.0. The quantitative estimate of drug-likeness (QED) is 0.119. The van der Waals surface area contributed by atoms with Crippen LogP contribution in [0, 0.1) is 0 Å². The lowest BCUT2D eigenvalue weighted by molar-refractivity contribution is -0.153. The van der Waals surface area contributed by atoms with Crippen LogP contribution in [-0.2, 0) is 14.3 Å². The van der Waals surface area contributed by atoms with Crippen LogP contribution in [0.4, 0.5) is 0 Å². The van der Waals surface area contributed by atoms with E-state index in [-0.39, 0.29) is 17.9 Å². The fourth-order valence-corrected chi connectivity index (χ4v) is 4.90. The molecule has 0 aromatic carbocycles. The van der Waals surface area contributed by atoms with Gasteiger partial charge in [0, 0.05) is 13.0 Å². The smallest absolute Gasteiger partial charge is 0.328 e. The molecule has 0 aliphatic carbocycles. The van der Waals surface area contributed by atoms with Gasteiger partial charge in [-0.1, -0.05) is 123 Å². The number of nitrogens with zero attached hydrogens (tertiary/aromatic N) is 1. The molecule has 1 amide bonds. The van der Waals surface area contributed by atoms with Gasteiger partial charge in [-0.15, -0.1) is 0 Å². The third kappa shape index (κ3) is 15.5. The number of ether oxygens (including phenoxy) is 1. The summed E-state index contributed by atoms with van der Waals surface area (Å²) in [6, 6.07) is -0.334. The average Bonchev–Trinajstić information content (AvgIpc) is 3.31. The second-order valence-corrected chi connectivity index (χ2v) is 10.2. The second-order valence-electron chi connectivity index (χ2n) is 10.2. The molecule has 1 aliphatic rings. The summed E-state index contributed by atoms with van der Waals surface area (Å²) in [5.41, 5.74) is 0. The van der Waals surface area contributed by atoms with Crippen molar-refractivity contribution in [2.24, 2.45) is 0 Å². The number of rotatable bonds is 22. The Bertz CT molecular complexity index is 479. The third-order valence-electron chi connectivity index (χ3n) is 7.08. The zero-order valence-corrected chi connectivity index (χ0v) is 22.2. The van der Waals surface area contributed by atoms with Crippen molar-refractivity contribution in [1.29, 1.82) is 0 Å². The predicted octanol–water partition coefficient (Wildman–Crippen LogP) is 8.36. The van der Waals surface area contributed by atoms with E-state index in [1.165, 1.54) is 96.3 Å². The van der Waals surface area contributed by atoms with Gasteiger partial charge in [0.25, 0.3) is 0 Å². The van der Waals surface area contributed by atoms with Gasteiger partial charge in [-0.3, -0.25) is 4.79 Å². The lowest BCUT2D eigenvalue weighted by Crippen LogP contribution is -2.41. The minimum atomic E-state index is -0.334. The molecule has 1 saturated heterocycles. The van der Waals surface area contributed by atoms with Gasteiger partial charge >= 0.3 is 5.97 Å². The van der Waals surface area contributed by atoms with Gasteiger partial charge < -0.3 is 9.64 Å². The molecule has 0 aromatic heterocycles. The highest BCUT2D eigenvalue weighted by molar-refractivity contribution is 5.85. The van der Waals surface area contributed by atoms with Crippen LogP contribution in [0.1, 0.15) is 155 Å². The van der Waals surface area contributed by atoms with Gasteiger partial charge in [-0.05, 0) is 25.7 Å². The van der Waals surface area contributed by atoms with E-state index < -0.39 is 0 Å². The number of carbonyl (C=O) groups is 2. The van der Waals surface area contributed by atoms with Crippen molar-refractivity contribution in [2.45, 2.75) is 161 Å². The average molecular weight is 466 g/mol. The minimum Gasteiger partial charge on any atom is -0.464 e. The first kappa shape index (κ1) is 30.0. The zero-order valence-electron chi connectivity index (χ0n) is 22.2. The van der Waals surface area contributed by atoms with Crippen molar-refractivity contribution in [3.63, 3.8) is 0 Å². The lowest BCUT2D eigenvalue weighted by Gasteiger charge is -2.23. The molecule has 0 radical (unpaired) electrons. The van der Waals surface area contributed by atoms with Crippen molar-refractivity contribution < 1.29 is 14.3 Å². The number of likely N-dealkylation sites (tertiary alicyclic amines) is 1. The van der Waals surface area contributed by atoms with Crippen LogP contribution in [0.3, 0.4) is 0 Å². The van der Waals surface area contributed by atoms with E-state index >= 15 is 0 Å². The first-order valence-electron chi connectivity index (χ1n) is 14.7. The topological polar surface area (TPSA) is 46.6 Å². The third-order valence-corrected chi connectivity index (χ3v) is 7.08. The molecule has 0 aromatic rings. The molecule has 0 N–H and O–H groups in total. The van der Waals surface area contributed by atoms with Gasteiger partial charge in [0.2, 0.25) is 5.91 Å². The highest BCUT2D eigenvalue weighted by Crippen LogP contribution is 2.21. The molecule has 1 rings (SSSR count). The largest absolute Gasteiger partial charge is 0.464 e. The van der Waals surface area contributed by atoms with Crippen LogP contribution in [0.15, 0.2) is 0 Å². The van der Waals surface area contributed by atoms with Crippen molar-refractivity contribution in [2.75, 3.05) is 13.2 Å². The van der Waals surface area contributed by atoms with E-state index in [1.807, 2.05) is 0 Å². The Morgan fingerprint density at radius 1 is 0.667 bits per heavy atom. The fraction of sp³-hybridized carbons (Fsp3) is 0.931. The SMILES string of the molecule is CCCCCCCCCCCCCCCCOC(=O)C1CCCN1C(=O)CCCCCCC. The summed E-state index contributed by atoms with van der Waals surface area (Å²) in [6.45, 7) is 5.69. The lowest BCUT2D eigenvalue weighted by atomic mass is 10.0. The number of carbonyl (C=O) groups excluding carboxylic acids is 2. The van der Waals surface area contributed by atoms with Gasteiger partial charge in [-0.2, -0.15) is 0 Å². The predicted molar refractivity (Wildman–Crippen MR) is 139 cm³/mol. The Labute approximate surface area is 205 Å². The number of hydrogen-bond acceptors (Lipinski definition) is 3. The molecule has 1 aliphatic heterocycles. The first-order valence-corrected chi connectivity index (χ1v) is 14.7. The molecule has 4 nitrogen and oxygen atoms in total. The van der Waals surface area contributed by atoms with Crippen LogP contribution >= 0.6 is 0 Å². The summed E-state index contributed by atoms with van der Waals surface area (Å²) in [5, 5.41) is 0. The molecule has 0 bridgehead atoms. The molecular formula is C29H55NO3. The number of unbranched alkanes of at least 4 members (excludes halogenated alkanes) is 17. The van der Waals surface area contributed by atoms with E-state index in [0.29, 0.717) is 19.6 Å². The Morgan fingerprint density at radius 3 is 1.64 bits per heavy atom. The maximum atomic E-state index is 12.5. The Hall–Kier alpha value is -1.06. The maximum absolute atomic E-state index is 12.5. The summed E-state index contributed by atoms with van der Waals surface area (Å²) < 4.78 is 5.54.